The van der Waals surface area contributed by atoms with Gasteiger partial charge in [-0.2, -0.15) is 0 Å². The molecule has 1 aromatic heterocycles. The molecule has 1 heterocycles. The van der Waals surface area contributed by atoms with Crippen molar-refractivity contribution in [1.29, 1.82) is 0 Å². The van der Waals surface area contributed by atoms with E-state index in [4.69, 9.17) is 5.73 Å². The third-order valence-electron chi connectivity index (χ3n) is 3.86. The van der Waals surface area contributed by atoms with E-state index < -0.39 is 0 Å². The van der Waals surface area contributed by atoms with E-state index in [9.17, 15) is 0 Å². The highest BCUT2D eigenvalue weighted by Gasteiger charge is 2.28. The Morgan fingerprint density at radius 3 is 2.78 bits per heavy atom. The van der Waals surface area contributed by atoms with Crippen LogP contribution < -0.4 is 5.73 Å². The summed E-state index contributed by atoms with van der Waals surface area (Å²) in [5.41, 5.74) is 5.89. The normalized spacial score (nSPS) is 28.3. The van der Waals surface area contributed by atoms with Gasteiger partial charge in [0.1, 0.15) is 16.7 Å². The molecule has 3 rings (SSSR count). The molecule has 1 aromatic rings. The van der Waals surface area contributed by atoms with Gasteiger partial charge in [0.2, 0.25) is 0 Å². The molecule has 2 unspecified atom stereocenters. The molecule has 2 fully saturated rings. The summed E-state index contributed by atoms with van der Waals surface area (Å²) >= 11 is 1.91. The van der Waals surface area contributed by atoms with Crippen LogP contribution in [0.4, 0.5) is 5.82 Å². The maximum Gasteiger partial charge on any atom is 0.135 e. The lowest BCUT2D eigenvalue weighted by Crippen LogP contribution is -2.15. The highest BCUT2D eigenvalue weighted by molar-refractivity contribution is 7.99. The van der Waals surface area contributed by atoms with E-state index in [-0.39, 0.29) is 0 Å². The molecular formula is C14H21N3S. The van der Waals surface area contributed by atoms with Crippen molar-refractivity contribution in [1.82, 2.24) is 9.97 Å². The largest absolute Gasteiger partial charge is 0.384 e. The first-order chi connectivity index (χ1) is 8.70. The molecule has 0 saturated heterocycles. The summed E-state index contributed by atoms with van der Waals surface area (Å²) in [4.78, 5) is 9.04. The van der Waals surface area contributed by atoms with Crippen molar-refractivity contribution in [2.45, 2.75) is 61.6 Å². The van der Waals surface area contributed by atoms with Crippen LogP contribution >= 0.6 is 11.8 Å². The van der Waals surface area contributed by atoms with Gasteiger partial charge in [-0.15, -0.1) is 11.8 Å². The number of anilines is 1. The van der Waals surface area contributed by atoms with Gasteiger partial charge in [-0.25, -0.2) is 9.97 Å². The van der Waals surface area contributed by atoms with Gasteiger partial charge in [0, 0.05) is 17.2 Å². The fourth-order valence-electron chi connectivity index (χ4n) is 2.70. The summed E-state index contributed by atoms with van der Waals surface area (Å²) in [5, 5.41) is 1.80. The minimum absolute atomic E-state index is 0.582. The second-order valence-corrected chi connectivity index (χ2v) is 7.10. The van der Waals surface area contributed by atoms with Crippen molar-refractivity contribution in [3.63, 3.8) is 0 Å². The molecule has 2 aliphatic rings. The van der Waals surface area contributed by atoms with Crippen molar-refractivity contribution < 1.29 is 0 Å². The summed E-state index contributed by atoms with van der Waals surface area (Å²) in [5.74, 6) is 3.05. The molecule has 0 aliphatic heterocycles. The minimum Gasteiger partial charge on any atom is -0.384 e. The van der Waals surface area contributed by atoms with Crippen LogP contribution in [-0.4, -0.2) is 15.2 Å². The van der Waals surface area contributed by atoms with Crippen molar-refractivity contribution in [3.05, 3.63) is 11.9 Å². The van der Waals surface area contributed by atoms with E-state index in [2.05, 4.69) is 16.9 Å². The van der Waals surface area contributed by atoms with Crippen molar-refractivity contribution in [3.8, 4) is 0 Å². The van der Waals surface area contributed by atoms with E-state index in [0.717, 1.165) is 22.0 Å². The van der Waals surface area contributed by atoms with Crippen LogP contribution in [0.15, 0.2) is 11.1 Å². The number of nitrogen functional groups attached to an aromatic ring is 1. The monoisotopic (exact) mass is 263 g/mol. The fraction of sp³-hybridized carbons (Fsp3) is 0.714. The van der Waals surface area contributed by atoms with Gasteiger partial charge in [0.15, 0.2) is 0 Å². The number of hydrogen-bond acceptors (Lipinski definition) is 4. The Balaban J connectivity index is 1.71. The molecule has 98 valence electrons. The molecule has 0 amide bonds. The summed E-state index contributed by atoms with van der Waals surface area (Å²) in [6, 6.07) is 1.94. The van der Waals surface area contributed by atoms with Crippen LogP contribution in [0, 0.1) is 5.92 Å². The van der Waals surface area contributed by atoms with E-state index in [1.54, 1.807) is 0 Å². The Kier molecular flexibility index (Phi) is 3.46. The SMILES string of the molecule is CC1CCCC(Sc2cc(N)nc(C3CC3)n2)C1. The summed E-state index contributed by atoms with van der Waals surface area (Å²) < 4.78 is 0. The molecule has 2 saturated carbocycles. The maximum atomic E-state index is 5.89. The van der Waals surface area contributed by atoms with Crippen LogP contribution in [0.3, 0.4) is 0 Å². The third kappa shape index (κ3) is 2.97. The molecule has 0 radical (unpaired) electrons. The van der Waals surface area contributed by atoms with Crippen LogP contribution in [0.5, 0.6) is 0 Å². The molecular weight excluding hydrogens is 242 g/mol. The maximum absolute atomic E-state index is 5.89. The topological polar surface area (TPSA) is 51.8 Å². The van der Waals surface area contributed by atoms with Crippen LogP contribution in [-0.2, 0) is 0 Å². The van der Waals surface area contributed by atoms with Gasteiger partial charge in [-0.1, -0.05) is 19.8 Å². The Bertz CT molecular complexity index is 431. The molecule has 0 spiro atoms. The van der Waals surface area contributed by atoms with Crippen molar-refractivity contribution >= 4 is 17.6 Å². The lowest BCUT2D eigenvalue weighted by Gasteiger charge is -2.25. The van der Waals surface area contributed by atoms with Gasteiger partial charge >= 0.3 is 0 Å². The molecule has 0 aromatic carbocycles. The predicted molar refractivity (Wildman–Crippen MR) is 75.7 cm³/mol. The number of nitrogens with two attached hydrogens (primary N) is 1. The number of thioether (sulfide) groups is 1. The van der Waals surface area contributed by atoms with Gasteiger partial charge in [-0.05, 0) is 31.6 Å². The second kappa shape index (κ2) is 5.08. The van der Waals surface area contributed by atoms with Crippen LogP contribution in [0.1, 0.15) is 57.2 Å². The first kappa shape index (κ1) is 12.3. The molecule has 3 nitrogen and oxygen atoms in total. The Morgan fingerprint density at radius 1 is 1.22 bits per heavy atom. The lowest BCUT2D eigenvalue weighted by atomic mass is 9.91. The van der Waals surface area contributed by atoms with Gasteiger partial charge < -0.3 is 5.73 Å². The van der Waals surface area contributed by atoms with Gasteiger partial charge in [-0.3, -0.25) is 0 Å². The summed E-state index contributed by atoms with van der Waals surface area (Å²) in [6.07, 6.45) is 7.83. The van der Waals surface area contributed by atoms with E-state index in [0.29, 0.717) is 11.7 Å². The zero-order valence-electron chi connectivity index (χ0n) is 10.9. The average molecular weight is 263 g/mol. The predicted octanol–water partition coefficient (Wildman–Crippen LogP) is 3.61. The average Bonchev–Trinajstić information content (AvgIpc) is 3.11. The Morgan fingerprint density at radius 2 is 2.06 bits per heavy atom. The van der Waals surface area contributed by atoms with Crippen LogP contribution in [0.25, 0.3) is 0 Å². The van der Waals surface area contributed by atoms with E-state index >= 15 is 0 Å². The first-order valence-corrected chi connectivity index (χ1v) is 7.90. The van der Waals surface area contributed by atoms with Crippen molar-refractivity contribution in [2.24, 2.45) is 5.92 Å². The Hall–Kier alpha value is -0.770. The molecule has 0 bridgehead atoms. The van der Waals surface area contributed by atoms with Gasteiger partial charge in [0.05, 0.1) is 0 Å². The molecule has 2 N–H and O–H groups in total. The molecule has 2 atom stereocenters. The quantitative estimate of drug-likeness (QED) is 0.846. The third-order valence-corrected chi connectivity index (χ3v) is 5.07. The second-order valence-electron chi connectivity index (χ2n) is 5.78. The fourth-order valence-corrected chi connectivity index (χ4v) is 4.09. The molecule has 18 heavy (non-hydrogen) atoms. The van der Waals surface area contributed by atoms with Crippen LogP contribution in [0.2, 0.25) is 0 Å². The Labute approximate surface area is 113 Å². The number of nitrogens with zero attached hydrogens (tertiary/aromatic N) is 2. The number of rotatable bonds is 3. The smallest absolute Gasteiger partial charge is 0.135 e. The lowest BCUT2D eigenvalue weighted by molar-refractivity contribution is 0.394. The molecule has 2 aliphatic carbocycles. The van der Waals surface area contributed by atoms with Gasteiger partial charge in [0.25, 0.3) is 0 Å². The summed E-state index contributed by atoms with van der Waals surface area (Å²) in [6.45, 7) is 2.36. The molecule has 4 heteroatoms. The zero-order chi connectivity index (χ0) is 12.5. The highest BCUT2D eigenvalue weighted by Crippen LogP contribution is 2.40. The summed E-state index contributed by atoms with van der Waals surface area (Å²) in [7, 11) is 0. The van der Waals surface area contributed by atoms with Crippen molar-refractivity contribution in [2.75, 3.05) is 5.73 Å². The van der Waals surface area contributed by atoms with E-state index in [1.165, 1.54) is 38.5 Å². The zero-order valence-corrected chi connectivity index (χ0v) is 11.7. The van der Waals surface area contributed by atoms with E-state index in [1.807, 2.05) is 17.8 Å². The number of hydrogen-bond donors (Lipinski definition) is 1. The first-order valence-electron chi connectivity index (χ1n) is 7.02. The highest BCUT2D eigenvalue weighted by atomic mass is 32.2. The number of aromatic nitrogens is 2. The standard InChI is InChI=1S/C14H21N3S/c1-9-3-2-4-11(7-9)18-13-8-12(15)16-14(17-13)10-5-6-10/h8-11H,2-7H2,1H3,(H2,15,16,17). The minimum atomic E-state index is 0.582.